The summed E-state index contributed by atoms with van der Waals surface area (Å²) in [4.78, 5) is 23.9. The smallest absolute Gasteiger partial charge is 0.313 e. The summed E-state index contributed by atoms with van der Waals surface area (Å²) in [5.74, 6) is -1.39. The number of aliphatic hydroxyl groups excluding tert-OH is 1. The highest BCUT2D eigenvalue weighted by Gasteiger charge is 2.18. The van der Waals surface area contributed by atoms with Crippen LogP contribution in [-0.4, -0.2) is 37.0 Å². The third-order valence-electron chi connectivity index (χ3n) is 4.14. The lowest BCUT2D eigenvalue weighted by Gasteiger charge is -2.12. The van der Waals surface area contributed by atoms with Crippen LogP contribution in [-0.2, 0) is 19.6 Å². The van der Waals surface area contributed by atoms with Crippen LogP contribution in [0.2, 0.25) is 0 Å². The third-order valence-corrected chi connectivity index (χ3v) is 5.51. The molecule has 0 saturated carbocycles. The maximum absolute atomic E-state index is 12.4. The number of benzene rings is 2. The lowest BCUT2D eigenvalue weighted by atomic mass is 10.1. The molecule has 0 radical (unpaired) electrons. The van der Waals surface area contributed by atoms with Crippen molar-refractivity contribution < 1.29 is 27.6 Å². The highest BCUT2D eigenvalue weighted by molar-refractivity contribution is 7.92. The Morgan fingerprint density at radius 1 is 1.06 bits per heavy atom. The van der Waals surface area contributed by atoms with Gasteiger partial charge >= 0.3 is 11.8 Å². The van der Waals surface area contributed by atoms with Crippen molar-refractivity contribution in [3.63, 3.8) is 0 Å². The van der Waals surface area contributed by atoms with E-state index in [1.54, 1.807) is 37.3 Å². The second-order valence-electron chi connectivity index (χ2n) is 6.54. The monoisotopic (exact) mass is 444 g/mol. The first-order chi connectivity index (χ1) is 14.7. The van der Waals surface area contributed by atoms with Gasteiger partial charge < -0.3 is 20.3 Å². The number of rotatable bonds is 7. The van der Waals surface area contributed by atoms with E-state index >= 15 is 0 Å². The molecule has 0 aliphatic heterocycles. The Morgan fingerprint density at radius 3 is 2.35 bits per heavy atom. The second-order valence-corrected chi connectivity index (χ2v) is 8.23. The Kier molecular flexibility index (Phi) is 6.68. The SMILES string of the molecule is Cc1cc(NS(=O)(=O)c2ccc(NC(=O)C(=O)NC[C@@H](O)c3ccccc3)cc2)no1. The Bertz CT molecular complexity index is 1160. The number of hydrogen-bond donors (Lipinski definition) is 4. The predicted molar refractivity (Wildman–Crippen MR) is 112 cm³/mol. The molecule has 1 atom stereocenters. The summed E-state index contributed by atoms with van der Waals surface area (Å²) < 4.78 is 31.8. The van der Waals surface area contributed by atoms with Crippen LogP contribution in [0, 0.1) is 6.92 Å². The first-order valence-electron chi connectivity index (χ1n) is 9.13. The maximum Gasteiger partial charge on any atom is 0.313 e. The van der Waals surface area contributed by atoms with Gasteiger partial charge in [-0.2, -0.15) is 0 Å². The molecule has 2 amide bonds. The fourth-order valence-electron chi connectivity index (χ4n) is 2.58. The summed E-state index contributed by atoms with van der Waals surface area (Å²) in [6, 6.07) is 15.3. The van der Waals surface area contributed by atoms with Gasteiger partial charge in [-0.25, -0.2) is 8.42 Å². The Labute approximate surface area is 178 Å². The quantitative estimate of drug-likeness (QED) is 0.404. The van der Waals surface area contributed by atoms with Crippen LogP contribution in [0.15, 0.2) is 70.1 Å². The van der Waals surface area contributed by atoms with Crippen molar-refractivity contribution in [2.75, 3.05) is 16.6 Å². The van der Waals surface area contributed by atoms with Crippen LogP contribution in [0.1, 0.15) is 17.4 Å². The molecule has 0 saturated heterocycles. The molecular weight excluding hydrogens is 424 g/mol. The second kappa shape index (κ2) is 9.41. The number of nitrogens with zero attached hydrogens (tertiary/aromatic N) is 1. The average Bonchev–Trinajstić information content (AvgIpc) is 3.16. The first kappa shape index (κ1) is 22.0. The molecule has 0 bridgehead atoms. The first-order valence-corrected chi connectivity index (χ1v) is 10.6. The van der Waals surface area contributed by atoms with E-state index in [0.29, 0.717) is 11.3 Å². The highest BCUT2D eigenvalue weighted by Crippen LogP contribution is 2.18. The van der Waals surface area contributed by atoms with E-state index in [0.717, 1.165) is 0 Å². The summed E-state index contributed by atoms with van der Waals surface area (Å²) in [5.41, 5.74) is 0.828. The van der Waals surface area contributed by atoms with Crippen LogP contribution in [0.4, 0.5) is 11.5 Å². The molecule has 1 aromatic heterocycles. The zero-order valence-corrected chi connectivity index (χ0v) is 17.2. The Hall–Kier alpha value is -3.70. The van der Waals surface area contributed by atoms with Gasteiger partial charge in [-0.3, -0.25) is 14.3 Å². The summed E-state index contributed by atoms with van der Waals surface area (Å²) in [6.45, 7) is 1.49. The molecule has 1 heterocycles. The minimum absolute atomic E-state index is 0.0456. The van der Waals surface area contributed by atoms with Crippen LogP contribution < -0.4 is 15.4 Å². The molecular formula is C20H20N4O6S. The Morgan fingerprint density at radius 2 is 1.74 bits per heavy atom. The van der Waals surface area contributed by atoms with Crippen molar-refractivity contribution in [3.8, 4) is 0 Å². The lowest BCUT2D eigenvalue weighted by Crippen LogP contribution is -2.37. The molecule has 11 heteroatoms. The van der Waals surface area contributed by atoms with E-state index in [1.807, 2.05) is 0 Å². The summed E-state index contributed by atoms with van der Waals surface area (Å²) in [6.07, 6.45) is -0.955. The molecule has 0 fully saturated rings. The van der Waals surface area contributed by atoms with E-state index in [4.69, 9.17) is 4.52 Å². The summed E-state index contributed by atoms with van der Waals surface area (Å²) in [5, 5.41) is 18.3. The number of anilines is 2. The topological polar surface area (TPSA) is 151 Å². The molecule has 4 N–H and O–H groups in total. The van der Waals surface area contributed by atoms with Crippen molar-refractivity contribution in [1.29, 1.82) is 0 Å². The molecule has 2 aromatic carbocycles. The molecule has 0 unspecified atom stereocenters. The van der Waals surface area contributed by atoms with Gasteiger partial charge in [-0.1, -0.05) is 35.5 Å². The number of hydrogen-bond acceptors (Lipinski definition) is 7. The third kappa shape index (κ3) is 5.90. The fourth-order valence-corrected chi connectivity index (χ4v) is 3.56. The van der Waals surface area contributed by atoms with E-state index in [1.165, 1.54) is 30.3 Å². The van der Waals surface area contributed by atoms with E-state index in [-0.39, 0.29) is 22.9 Å². The van der Waals surface area contributed by atoms with E-state index in [2.05, 4.69) is 20.5 Å². The molecule has 3 aromatic rings. The zero-order chi connectivity index (χ0) is 22.4. The number of aryl methyl sites for hydroxylation is 1. The molecule has 162 valence electrons. The molecule has 0 aliphatic rings. The zero-order valence-electron chi connectivity index (χ0n) is 16.4. The highest BCUT2D eigenvalue weighted by atomic mass is 32.2. The van der Waals surface area contributed by atoms with Crippen LogP contribution in [0.5, 0.6) is 0 Å². The number of nitrogens with one attached hydrogen (secondary N) is 3. The number of sulfonamides is 1. The normalized spacial score (nSPS) is 12.1. The van der Waals surface area contributed by atoms with Crippen molar-refractivity contribution in [2.24, 2.45) is 0 Å². The Balaban J connectivity index is 1.55. The molecule has 31 heavy (non-hydrogen) atoms. The fraction of sp³-hybridized carbons (Fsp3) is 0.150. The molecule has 0 aliphatic carbocycles. The number of aliphatic hydroxyl groups is 1. The minimum Gasteiger partial charge on any atom is -0.387 e. The van der Waals surface area contributed by atoms with Gasteiger partial charge in [-0.05, 0) is 36.8 Å². The van der Waals surface area contributed by atoms with Crippen molar-refractivity contribution >= 4 is 33.3 Å². The minimum atomic E-state index is -3.90. The van der Waals surface area contributed by atoms with E-state index < -0.39 is 27.9 Å². The summed E-state index contributed by atoms with van der Waals surface area (Å²) in [7, 11) is -3.90. The number of carbonyl (C=O) groups excluding carboxylic acids is 2. The molecule has 0 spiro atoms. The van der Waals surface area contributed by atoms with Crippen LogP contribution in [0.3, 0.4) is 0 Å². The number of aromatic nitrogens is 1. The summed E-state index contributed by atoms with van der Waals surface area (Å²) >= 11 is 0. The number of carbonyl (C=O) groups is 2. The van der Waals surface area contributed by atoms with E-state index in [9.17, 15) is 23.1 Å². The van der Waals surface area contributed by atoms with Crippen LogP contribution >= 0.6 is 0 Å². The van der Waals surface area contributed by atoms with Gasteiger partial charge in [0.1, 0.15) is 5.76 Å². The van der Waals surface area contributed by atoms with Gasteiger partial charge in [0.05, 0.1) is 11.0 Å². The maximum atomic E-state index is 12.4. The average molecular weight is 444 g/mol. The standard InChI is InChI=1S/C20H20N4O6S/c1-13-11-18(23-30-13)24-31(28,29)16-9-7-15(8-10-16)22-20(27)19(26)21-12-17(25)14-5-3-2-4-6-14/h2-11,17,25H,12H2,1H3,(H,21,26)(H,22,27)(H,23,24)/t17-/m1/s1. The largest absolute Gasteiger partial charge is 0.387 e. The predicted octanol–water partition coefficient (Wildman–Crippen LogP) is 1.57. The van der Waals surface area contributed by atoms with Crippen molar-refractivity contribution in [1.82, 2.24) is 10.5 Å². The lowest BCUT2D eigenvalue weighted by molar-refractivity contribution is -0.136. The van der Waals surface area contributed by atoms with Crippen LogP contribution in [0.25, 0.3) is 0 Å². The van der Waals surface area contributed by atoms with Gasteiger partial charge in [0.15, 0.2) is 5.82 Å². The van der Waals surface area contributed by atoms with Gasteiger partial charge in [0, 0.05) is 18.3 Å². The molecule has 10 nitrogen and oxygen atoms in total. The van der Waals surface area contributed by atoms with Crippen molar-refractivity contribution in [3.05, 3.63) is 72.0 Å². The van der Waals surface area contributed by atoms with Crippen molar-refractivity contribution in [2.45, 2.75) is 17.9 Å². The van der Waals surface area contributed by atoms with Gasteiger partial charge in [-0.15, -0.1) is 0 Å². The number of amides is 2. The van der Waals surface area contributed by atoms with Gasteiger partial charge in [0.2, 0.25) is 0 Å². The molecule has 3 rings (SSSR count). The van der Waals surface area contributed by atoms with Gasteiger partial charge in [0.25, 0.3) is 10.0 Å².